The molecule has 1 saturated heterocycles. The van der Waals surface area contributed by atoms with Crippen molar-refractivity contribution in [2.45, 2.75) is 13.0 Å². The molecule has 0 spiro atoms. The van der Waals surface area contributed by atoms with Gasteiger partial charge in [-0.1, -0.05) is 29.3 Å². The normalized spacial score (nSPS) is 19.3. The molecule has 1 aromatic rings. The van der Waals surface area contributed by atoms with E-state index in [-0.39, 0.29) is 18.2 Å². The van der Waals surface area contributed by atoms with Gasteiger partial charge in [0.05, 0.1) is 16.0 Å². The van der Waals surface area contributed by atoms with Gasteiger partial charge in [-0.3, -0.25) is 9.59 Å². The highest BCUT2D eigenvalue weighted by Crippen LogP contribution is 2.25. The zero-order valence-electron chi connectivity index (χ0n) is 9.53. The zero-order valence-corrected chi connectivity index (χ0v) is 11.0. The summed E-state index contributed by atoms with van der Waals surface area (Å²) in [6.45, 7) is 0.786. The van der Waals surface area contributed by atoms with E-state index in [1.807, 2.05) is 0 Å². The second kappa shape index (κ2) is 5.16. The van der Waals surface area contributed by atoms with Crippen LogP contribution in [0.5, 0.6) is 0 Å². The Balaban J connectivity index is 2.08. The number of hydrogen-bond donors (Lipinski definition) is 1. The third kappa shape index (κ3) is 2.76. The minimum atomic E-state index is -0.431. The van der Waals surface area contributed by atoms with Gasteiger partial charge in [0.1, 0.15) is 0 Å². The Kier molecular flexibility index (Phi) is 3.78. The van der Waals surface area contributed by atoms with Crippen LogP contribution in [0, 0.1) is 5.92 Å². The molecule has 2 amide bonds. The molecule has 1 aromatic carbocycles. The van der Waals surface area contributed by atoms with Crippen molar-refractivity contribution in [2.24, 2.45) is 11.7 Å². The molecule has 18 heavy (non-hydrogen) atoms. The second-order valence-electron chi connectivity index (χ2n) is 4.33. The first-order valence-electron chi connectivity index (χ1n) is 5.48. The predicted octanol–water partition coefficient (Wildman–Crippen LogP) is 1.83. The number of primary amides is 1. The van der Waals surface area contributed by atoms with Crippen LogP contribution < -0.4 is 5.73 Å². The molecule has 1 aliphatic rings. The highest BCUT2D eigenvalue weighted by atomic mass is 35.5. The Morgan fingerprint density at radius 3 is 2.67 bits per heavy atom. The van der Waals surface area contributed by atoms with E-state index in [0.29, 0.717) is 23.1 Å². The maximum Gasteiger partial charge on any atom is 0.223 e. The van der Waals surface area contributed by atoms with Crippen LogP contribution in [-0.2, 0) is 16.1 Å². The molecular formula is C12H12Cl2N2O2. The molecule has 0 aliphatic carbocycles. The van der Waals surface area contributed by atoms with Crippen molar-refractivity contribution in [1.82, 2.24) is 4.90 Å². The van der Waals surface area contributed by atoms with Gasteiger partial charge in [-0.05, 0) is 17.7 Å². The fraction of sp³-hybridized carbons (Fsp3) is 0.333. The molecule has 2 N–H and O–H groups in total. The SMILES string of the molecule is NC(=O)C1CC(=O)N(Cc2ccc(Cl)c(Cl)c2)C1. The van der Waals surface area contributed by atoms with Gasteiger partial charge < -0.3 is 10.6 Å². The van der Waals surface area contributed by atoms with Crippen LogP contribution in [0.4, 0.5) is 0 Å². The van der Waals surface area contributed by atoms with Crippen LogP contribution in [0.3, 0.4) is 0 Å². The third-order valence-electron chi connectivity index (χ3n) is 2.97. The summed E-state index contributed by atoms with van der Waals surface area (Å²) in [6, 6.07) is 5.21. The van der Waals surface area contributed by atoms with Crippen LogP contribution in [0.15, 0.2) is 18.2 Å². The summed E-state index contributed by atoms with van der Waals surface area (Å²) < 4.78 is 0. The number of carbonyl (C=O) groups excluding carboxylic acids is 2. The number of halogens is 2. The predicted molar refractivity (Wildman–Crippen MR) is 69.2 cm³/mol. The van der Waals surface area contributed by atoms with Crippen LogP contribution in [-0.4, -0.2) is 23.3 Å². The summed E-state index contributed by atoms with van der Waals surface area (Å²) in [5, 5.41) is 0.926. The van der Waals surface area contributed by atoms with Crippen molar-refractivity contribution in [3.63, 3.8) is 0 Å². The minimum Gasteiger partial charge on any atom is -0.369 e. The van der Waals surface area contributed by atoms with E-state index in [4.69, 9.17) is 28.9 Å². The van der Waals surface area contributed by atoms with Crippen LogP contribution >= 0.6 is 23.2 Å². The van der Waals surface area contributed by atoms with Crippen molar-refractivity contribution in [2.75, 3.05) is 6.54 Å². The molecule has 0 bridgehead atoms. The van der Waals surface area contributed by atoms with E-state index in [9.17, 15) is 9.59 Å². The molecule has 1 atom stereocenters. The zero-order chi connectivity index (χ0) is 13.3. The van der Waals surface area contributed by atoms with E-state index in [1.165, 1.54) is 0 Å². The molecular weight excluding hydrogens is 275 g/mol. The highest BCUT2D eigenvalue weighted by molar-refractivity contribution is 6.42. The number of likely N-dealkylation sites (tertiary alicyclic amines) is 1. The van der Waals surface area contributed by atoms with E-state index in [2.05, 4.69) is 0 Å². The van der Waals surface area contributed by atoms with Gasteiger partial charge in [-0.25, -0.2) is 0 Å². The molecule has 96 valence electrons. The van der Waals surface area contributed by atoms with E-state index in [0.717, 1.165) is 5.56 Å². The summed E-state index contributed by atoms with van der Waals surface area (Å²) in [4.78, 5) is 24.4. The molecule has 1 unspecified atom stereocenters. The molecule has 0 radical (unpaired) electrons. The van der Waals surface area contributed by atoms with Gasteiger partial charge in [-0.2, -0.15) is 0 Å². The third-order valence-corrected chi connectivity index (χ3v) is 3.71. The molecule has 1 aliphatic heterocycles. The summed E-state index contributed by atoms with van der Waals surface area (Å²) >= 11 is 11.7. The molecule has 0 aromatic heterocycles. The molecule has 6 heteroatoms. The number of carbonyl (C=O) groups is 2. The Morgan fingerprint density at radius 2 is 2.11 bits per heavy atom. The van der Waals surface area contributed by atoms with E-state index >= 15 is 0 Å². The average Bonchev–Trinajstić information content (AvgIpc) is 2.66. The lowest BCUT2D eigenvalue weighted by atomic mass is 10.1. The summed E-state index contributed by atoms with van der Waals surface area (Å²) in [7, 11) is 0. The maximum absolute atomic E-state index is 11.7. The molecule has 1 fully saturated rings. The van der Waals surface area contributed by atoms with Gasteiger partial charge in [0.15, 0.2) is 0 Å². The molecule has 4 nitrogen and oxygen atoms in total. The second-order valence-corrected chi connectivity index (χ2v) is 5.14. The van der Waals surface area contributed by atoms with Crippen LogP contribution in [0.2, 0.25) is 10.0 Å². The number of nitrogens with two attached hydrogens (primary N) is 1. The van der Waals surface area contributed by atoms with Gasteiger partial charge in [0.25, 0.3) is 0 Å². The Labute approximate surface area is 115 Å². The molecule has 0 saturated carbocycles. The van der Waals surface area contributed by atoms with Crippen molar-refractivity contribution < 1.29 is 9.59 Å². The first-order chi connectivity index (χ1) is 8.47. The lowest BCUT2D eigenvalue weighted by Gasteiger charge is -2.16. The van der Waals surface area contributed by atoms with Gasteiger partial charge in [-0.15, -0.1) is 0 Å². The quantitative estimate of drug-likeness (QED) is 0.921. The van der Waals surface area contributed by atoms with Crippen molar-refractivity contribution in [3.8, 4) is 0 Å². The summed E-state index contributed by atoms with van der Waals surface area (Å²) in [5.74, 6) is -0.884. The Morgan fingerprint density at radius 1 is 1.39 bits per heavy atom. The fourth-order valence-corrected chi connectivity index (χ4v) is 2.29. The smallest absolute Gasteiger partial charge is 0.223 e. The monoisotopic (exact) mass is 286 g/mol. The van der Waals surface area contributed by atoms with Crippen LogP contribution in [0.25, 0.3) is 0 Å². The topological polar surface area (TPSA) is 63.4 Å². The lowest BCUT2D eigenvalue weighted by Crippen LogP contribution is -2.28. The van der Waals surface area contributed by atoms with Gasteiger partial charge in [0, 0.05) is 19.5 Å². The van der Waals surface area contributed by atoms with Crippen LogP contribution in [0.1, 0.15) is 12.0 Å². The summed E-state index contributed by atoms with van der Waals surface area (Å²) in [6.07, 6.45) is 0.191. The highest BCUT2D eigenvalue weighted by Gasteiger charge is 2.32. The lowest BCUT2D eigenvalue weighted by molar-refractivity contribution is -0.128. The maximum atomic E-state index is 11.7. The number of benzene rings is 1. The largest absolute Gasteiger partial charge is 0.369 e. The van der Waals surface area contributed by atoms with E-state index < -0.39 is 5.91 Å². The first-order valence-corrected chi connectivity index (χ1v) is 6.24. The number of amides is 2. The van der Waals surface area contributed by atoms with Crippen molar-refractivity contribution in [1.29, 1.82) is 0 Å². The summed E-state index contributed by atoms with van der Waals surface area (Å²) in [5.41, 5.74) is 6.08. The van der Waals surface area contributed by atoms with Crippen molar-refractivity contribution in [3.05, 3.63) is 33.8 Å². The molecule has 2 rings (SSSR count). The molecule has 1 heterocycles. The van der Waals surface area contributed by atoms with Gasteiger partial charge in [0.2, 0.25) is 11.8 Å². The van der Waals surface area contributed by atoms with Crippen molar-refractivity contribution >= 4 is 35.0 Å². The van der Waals surface area contributed by atoms with Gasteiger partial charge >= 0.3 is 0 Å². The standard InChI is InChI=1S/C12H12Cl2N2O2/c13-9-2-1-7(3-10(9)14)5-16-6-8(12(15)18)4-11(16)17/h1-3,8H,4-6H2,(H2,15,18). The number of nitrogens with zero attached hydrogens (tertiary/aromatic N) is 1. The van der Waals surface area contributed by atoms with E-state index in [1.54, 1.807) is 23.1 Å². The number of hydrogen-bond acceptors (Lipinski definition) is 2. The Hall–Kier alpha value is -1.26. The number of rotatable bonds is 3. The average molecular weight is 287 g/mol. The Bertz CT molecular complexity index is 505. The minimum absolute atomic E-state index is 0.0649. The first kappa shape index (κ1) is 13.2. The fourth-order valence-electron chi connectivity index (χ4n) is 1.97.